The number of aryl methyl sites for hydroxylation is 1. The summed E-state index contributed by atoms with van der Waals surface area (Å²) in [4.78, 5) is 11.8. The summed E-state index contributed by atoms with van der Waals surface area (Å²) in [6.07, 6.45) is 6.94. The topological polar surface area (TPSA) is 17.1 Å². The van der Waals surface area contributed by atoms with E-state index in [1.807, 2.05) is 6.08 Å². The zero-order valence-corrected chi connectivity index (χ0v) is 8.65. The van der Waals surface area contributed by atoms with Gasteiger partial charge in [0.15, 0.2) is 5.78 Å². The van der Waals surface area contributed by atoms with Gasteiger partial charge in [-0.3, -0.25) is 4.79 Å². The fourth-order valence-corrected chi connectivity index (χ4v) is 2.94. The third kappa shape index (κ3) is 1.34. The van der Waals surface area contributed by atoms with E-state index in [9.17, 15) is 4.79 Å². The van der Waals surface area contributed by atoms with Crippen LogP contribution in [0, 0.1) is 5.92 Å². The van der Waals surface area contributed by atoms with Crippen LogP contribution in [0.1, 0.15) is 29.9 Å². The molecule has 1 aromatic carbocycles. The van der Waals surface area contributed by atoms with Crippen molar-refractivity contribution in [3.8, 4) is 0 Å². The van der Waals surface area contributed by atoms with Crippen molar-refractivity contribution in [3.63, 3.8) is 0 Å². The molecule has 2 aliphatic rings. The van der Waals surface area contributed by atoms with Gasteiger partial charge in [0, 0.05) is 5.92 Å². The minimum absolute atomic E-state index is 0.255. The molecule has 1 nitrogen and oxygen atoms in total. The van der Waals surface area contributed by atoms with Gasteiger partial charge < -0.3 is 0 Å². The number of ketones is 1. The van der Waals surface area contributed by atoms with Gasteiger partial charge in [0.05, 0.1) is 0 Å². The average Bonchev–Trinajstić information content (AvgIpc) is 2.29. The van der Waals surface area contributed by atoms with Crippen molar-refractivity contribution in [1.82, 2.24) is 0 Å². The zero-order valence-electron chi connectivity index (χ0n) is 8.65. The highest BCUT2D eigenvalue weighted by Crippen LogP contribution is 2.41. The molecule has 15 heavy (non-hydrogen) atoms. The van der Waals surface area contributed by atoms with E-state index in [0.717, 1.165) is 19.3 Å². The average molecular weight is 198 g/mol. The first kappa shape index (κ1) is 8.90. The Morgan fingerprint density at radius 2 is 2.00 bits per heavy atom. The van der Waals surface area contributed by atoms with E-state index in [2.05, 4.69) is 24.3 Å². The first-order chi connectivity index (χ1) is 7.36. The molecule has 0 bridgehead atoms. The van der Waals surface area contributed by atoms with Crippen LogP contribution in [0.3, 0.4) is 0 Å². The Bertz CT molecular complexity index is 431. The van der Waals surface area contributed by atoms with Gasteiger partial charge in [-0.25, -0.2) is 0 Å². The summed E-state index contributed by atoms with van der Waals surface area (Å²) < 4.78 is 0. The molecule has 0 aromatic heterocycles. The summed E-state index contributed by atoms with van der Waals surface area (Å²) in [5, 5.41) is 0. The third-order valence-electron chi connectivity index (χ3n) is 3.70. The van der Waals surface area contributed by atoms with Gasteiger partial charge in [-0.05, 0) is 42.4 Å². The Hall–Kier alpha value is -1.37. The van der Waals surface area contributed by atoms with E-state index < -0.39 is 0 Å². The molecule has 0 radical (unpaired) electrons. The summed E-state index contributed by atoms with van der Waals surface area (Å²) in [6, 6.07) is 8.58. The molecule has 0 amide bonds. The van der Waals surface area contributed by atoms with Gasteiger partial charge in [0.1, 0.15) is 0 Å². The fraction of sp³-hybridized carbons (Fsp3) is 0.357. The number of hydrogen-bond acceptors (Lipinski definition) is 1. The summed E-state index contributed by atoms with van der Waals surface area (Å²) >= 11 is 0. The van der Waals surface area contributed by atoms with Crippen molar-refractivity contribution in [2.24, 2.45) is 5.92 Å². The molecule has 0 N–H and O–H groups in total. The van der Waals surface area contributed by atoms with Crippen LogP contribution in [0.5, 0.6) is 0 Å². The monoisotopic (exact) mass is 198 g/mol. The second-order valence-electron chi connectivity index (χ2n) is 4.49. The van der Waals surface area contributed by atoms with E-state index in [4.69, 9.17) is 0 Å². The van der Waals surface area contributed by atoms with Crippen molar-refractivity contribution in [3.05, 3.63) is 47.5 Å². The second kappa shape index (κ2) is 3.34. The molecule has 0 saturated heterocycles. The second-order valence-corrected chi connectivity index (χ2v) is 4.49. The predicted molar refractivity (Wildman–Crippen MR) is 59.8 cm³/mol. The van der Waals surface area contributed by atoms with Crippen LogP contribution in [0.25, 0.3) is 0 Å². The lowest BCUT2D eigenvalue weighted by molar-refractivity contribution is -0.119. The van der Waals surface area contributed by atoms with Crippen LogP contribution in [0.15, 0.2) is 36.4 Å². The van der Waals surface area contributed by atoms with Crippen molar-refractivity contribution >= 4 is 5.78 Å². The van der Waals surface area contributed by atoms with Gasteiger partial charge in [0.25, 0.3) is 0 Å². The number of benzene rings is 1. The van der Waals surface area contributed by atoms with Crippen LogP contribution in [-0.4, -0.2) is 5.78 Å². The smallest absolute Gasteiger partial charge is 0.159 e. The lowest BCUT2D eigenvalue weighted by Crippen LogP contribution is -2.28. The number of carbonyl (C=O) groups excluding carboxylic acids is 1. The molecule has 0 spiro atoms. The molecule has 0 fully saturated rings. The van der Waals surface area contributed by atoms with Gasteiger partial charge >= 0.3 is 0 Å². The number of rotatable bonds is 0. The van der Waals surface area contributed by atoms with Crippen LogP contribution in [0.4, 0.5) is 0 Å². The SMILES string of the molecule is O=C1C=CC[C@@H]2c3ccccc3CC[C@@H]12. The van der Waals surface area contributed by atoms with Gasteiger partial charge in [-0.1, -0.05) is 30.3 Å². The summed E-state index contributed by atoms with van der Waals surface area (Å²) in [5.41, 5.74) is 2.85. The van der Waals surface area contributed by atoms with Crippen LogP contribution < -0.4 is 0 Å². The molecular formula is C14H14O. The summed E-state index contributed by atoms with van der Waals surface area (Å²) in [6.45, 7) is 0. The van der Waals surface area contributed by atoms with E-state index in [1.54, 1.807) is 6.08 Å². The highest BCUT2D eigenvalue weighted by Gasteiger charge is 2.34. The van der Waals surface area contributed by atoms with Crippen molar-refractivity contribution in [2.75, 3.05) is 0 Å². The van der Waals surface area contributed by atoms with Crippen molar-refractivity contribution in [2.45, 2.75) is 25.2 Å². The maximum Gasteiger partial charge on any atom is 0.159 e. The molecule has 0 heterocycles. The maximum absolute atomic E-state index is 11.8. The largest absolute Gasteiger partial charge is 0.295 e. The van der Waals surface area contributed by atoms with E-state index in [1.165, 1.54) is 11.1 Å². The molecule has 1 heteroatoms. The minimum atomic E-state index is 0.255. The van der Waals surface area contributed by atoms with E-state index in [0.29, 0.717) is 11.7 Å². The van der Waals surface area contributed by atoms with Gasteiger partial charge in [-0.2, -0.15) is 0 Å². The van der Waals surface area contributed by atoms with Gasteiger partial charge in [0.2, 0.25) is 0 Å². The molecule has 76 valence electrons. The van der Waals surface area contributed by atoms with Crippen molar-refractivity contribution in [1.29, 1.82) is 0 Å². The Labute approximate surface area is 89.8 Å². The highest BCUT2D eigenvalue weighted by atomic mass is 16.1. The fourth-order valence-electron chi connectivity index (χ4n) is 2.94. The standard InChI is InChI=1S/C14H14O/c15-14-7-3-6-12-11-5-2-1-4-10(11)8-9-13(12)14/h1-5,7,12-13H,6,8-9H2/t12-,13-/m1/s1. The lowest BCUT2D eigenvalue weighted by atomic mass is 9.70. The Morgan fingerprint density at radius 3 is 2.93 bits per heavy atom. The summed E-state index contributed by atoms with van der Waals surface area (Å²) in [5.74, 6) is 1.04. The first-order valence-corrected chi connectivity index (χ1v) is 5.64. The van der Waals surface area contributed by atoms with Crippen LogP contribution in [0.2, 0.25) is 0 Å². The molecule has 2 aliphatic carbocycles. The van der Waals surface area contributed by atoms with E-state index >= 15 is 0 Å². The Kier molecular flexibility index (Phi) is 1.98. The number of hydrogen-bond donors (Lipinski definition) is 0. The molecule has 3 rings (SSSR count). The normalized spacial score (nSPS) is 28.4. The number of allylic oxidation sites excluding steroid dienone is 2. The molecule has 1 aromatic rings. The minimum Gasteiger partial charge on any atom is -0.295 e. The van der Waals surface area contributed by atoms with Crippen molar-refractivity contribution < 1.29 is 4.79 Å². The molecule has 0 saturated carbocycles. The highest BCUT2D eigenvalue weighted by molar-refractivity contribution is 5.93. The van der Waals surface area contributed by atoms with Crippen LogP contribution >= 0.6 is 0 Å². The number of fused-ring (bicyclic) bond motifs is 3. The quantitative estimate of drug-likeness (QED) is 0.626. The molecule has 0 unspecified atom stereocenters. The first-order valence-electron chi connectivity index (χ1n) is 5.64. The molecule has 2 atom stereocenters. The molecule has 0 aliphatic heterocycles. The lowest BCUT2D eigenvalue weighted by Gasteiger charge is -2.33. The summed E-state index contributed by atoms with van der Waals surface area (Å²) in [7, 11) is 0. The van der Waals surface area contributed by atoms with E-state index in [-0.39, 0.29) is 5.92 Å². The maximum atomic E-state index is 11.8. The zero-order chi connectivity index (χ0) is 10.3. The predicted octanol–water partition coefficient (Wildman–Crippen LogP) is 2.86. The molecular weight excluding hydrogens is 184 g/mol. The van der Waals surface area contributed by atoms with Crippen LogP contribution in [-0.2, 0) is 11.2 Å². The third-order valence-corrected chi connectivity index (χ3v) is 3.70. The Balaban J connectivity index is 2.07. The Morgan fingerprint density at radius 1 is 1.13 bits per heavy atom. The van der Waals surface area contributed by atoms with Gasteiger partial charge in [-0.15, -0.1) is 0 Å². The number of carbonyl (C=O) groups is 1.